The van der Waals surface area contributed by atoms with Crippen LogP contribution in [0.2, 0.25) is 0 Å². The standard InChI is InChI=1S/C28H56O2.C24H48O2/c1-3-5-7-9-11-13-15-17-19-21-23-25-27-30-28(29)26-24-22-20-18-16-14-12-10-8-6-4-2;1-3-5-7-9-11-13-14-15-16-18-20-22-24(25)26-23-21-19-17-12-10-8-6-4-2/h3-27H2,1-2H3;3-23H2,1-2H3. The van der Waals surface area contributed by atoms with Gasteiger partial charge >= 0.3 is 11.9 Å². The second-order valence-electron chi connectivity index (χ2n) is 17.4. The molecule has 0 unspecified atom stereocenters. The first kappa shape index (κ1) is 57.0. The van der Waals surface area contributed by atoms with Gasteiger partial charge in [-0.3, -0.25) is 9.59 Å². The molecule has 56 heavy (non-hydrogen) atoms. The van der Waals surface area contributed by atoms with Crippen molar-refractivity contribution in [3.05, 3.63) is 0 Å². The van der Waals surface area contributed by atoms with Crippen LogP contribution in [0.3, 0.4) is 0 Å². The summed E-state index contributed by atoms with van der Waals surface area (Å²) in [7, 11) is 0. The first-order valence-corrected chi connectivity index (χ1v) is 25.9. The van der Waals surface area contributed by atoms with E-state index in [0.29, 0.717) is 26.1 Å². The Hall–Kier alpha value is -1.06. The molecular weight excluding hydrogens is 689 g/mol. The van der Waals surface area contributed by atoms with Gasteiger partial charge < -0.3 is 9.47 Å². The molecule has 0 heterocycles. The molecule has 0 saturated heterocycles. The monoisotopic (exact) mass is 793 g/mol. The van der Waals surface area contributed by atoms with E-state index in [0.717, 1.165) is 25.7 Å². The Labute approximate surface area is 353 Å². The van der Waals surface area contributed by atoms with Crippen molar-refractivity contribution in [3.63, 3.8) is 0 Å². The second kappa shape index (κ2) is 53.9. The van der Waals surface area contributed by atoms with Gasteiger partial charge in [-0.1, -0.05) is 272 Å². The zero-order valence-electron chi connectivity index (χ0n) is 39.2. The van der Waals surface area contributed by atoms with Crippen LogP contribution in [0, 0.1) is 0 Å². The van der Waals surface area contributed by atoms with Crippen molar-refractivity contribution in [2.45, 2.75) is 310 Å². The summed E-state index contributed by atoms with van der Waals surface area (Å²) >= 11 is 0. The maximum absolute atomic E-state index is 11.8. The van der Waals surface area contributed by atoms with Gasteiger partial charge in [-0.05, 0) is 25.7 Å². The maximum Gasteiger partial charge on any atom is 0.305 e. The normalized spacial score (nSPS) is 11.1. The predicted octanol–water partition coefficient (Wildman–Crippen LogP) is 18.3. The van der Waals surface area contributed by atoms with E-state index >= 15 is 0 Å². The van der Waals surface area contributed by atoms with Crippen molar-refractivity contribution < 1.29 is 19.1 Å². The van der Waals surface area contributed by atoms with Gasteiger partial charge in [0.15, 0.2) is 0 Å². The summed E-state index contributed by atoms with van der Waals surface area (Å²) < 4.78 is 10.7. The zero-order valence-corrected chi connectivity index (χ0v) is 39.2. The van der Waals surface area contributed by atoms with Crippen LogP contribution in [-0.2, 0) is 19.1 Å². The molecule has 0 rings (SSSR count). The van der Waals surface area contributed by atoms with E-state index in [9.17, 15) is 9.59 Å². The topological polar surface area (TPSA) is 52.6 Å². The Morgan fingerprint density at radius 1 is 0.232 bits per heavy atom. The highest BCUT2D eigenvalue weighted by Crippen LogP contribution is 2.15. The molecule has 0 aliphatic rings. The lowest BCUT2D eigenvalue weighted by molar-refractivity contribution is -0.144. The lowest BCUT2D eigenvalue weighted by atomic mass is 10.1. The molecular formula is C52H104O4. The van der Waals surface area contributed by atoms with Crippen LogP contribution in [0.15, 0.2) is 0 Å². The Morgan fingerprint density at radius 2 is 0.393 bits per heavy atom. The van der Waals surface area contributed by atoms with E-state index < -0.39 is 0 Å². The number of hydrogen-bond donors (Lipinski definition) is 0. The minimum absolute atomic E-state index is 0.0175. The molecule has 0 saturated carbocycles. The number of carbonyl (C=O) groups is 2. The highest BCUT2D eigenvalue weighted by atomic mass is 16.5. The van der Waals surface area contributed by atoms with E-state index in [1.54, 1.807) is 0 Å². The first-order chi connectivity index (χ1) is 27.6. The molecule has 0 fully saturated rings. The van der Waals surface area contributed by atoms with Crippen LogP contribution in [-0.4, -0.2) is 25.2 Å². The lowest BCUT2D eigenvalue weighted by Crippen LogP contribution is -2.05. The quantitative estimate of drug-likeness (QED) is 0.0455. The molecule has 0 atom stereocenters. The summed E-state index contributed by atoms with van der Waals surface area (Å²) in [4.78, 5) is 23.5. The molecule has 4 heteroatoms. The van der Waals surface area contributed by atoms with Crippen molar-refractivity contribution in [1.82, 2.24) is 0 Å². The van der Waals surface area contributed by atoms with E-state index in [1.807, 2.05) is 0 Å². The fraction of sp³-hybridized carbons (Fsp3) is 0.962. The number of hydrogen-bond acceptors (Lipinski definition) is 4. The Balaban J connectivity index is 0. The van der Waals surface area contributed by atoms with E-state index in [2.05, 4.69) is 27.7 Å². The summed E-state index contributed by atoms with van der Waals surface area (Å²) in [5.74, 6) is 0.0397. The summed E-state index contributed by atoms with van der Waals surface area (Å²) in [5, 5.41) is 0. The highest BCUT2D eigenvalue weighted by Gasteiger charge is 2.04. The lowest BCUT2D eigenvalue weighted by Gasteiger charge is -2.06. The SMILES string of the molecule is CCCCCCCCCCCCCC(=O)OCCCCCCCCCC.CCCCCCCCCCCCCCOC(=O)CCCCCCCCCCCCC. The van der Waals surface area contributed by atoms with E-state index in [-0.39, 0.29) is 11.9 Å². The number of rotatable bonds is 46. The van der Waals surface area contributed by atoms with Crippen molar-refractivity contribution in [2.24, 2.45) is 0 Å². The van der Waals surface area contributed by atoms with Crippen LogP contribution in [0.1, 0.15) is 310 Å². The Morgan fingerprint density at radius 3 is 0.589 bits per heavy atom. The molecule has 0 aromatic rings. The first-order valence-electron chi connectivity index (χ1n) is 25.9. The molecule has 0 bridgehead atoms. The van der Waals surface area contributed by atoms with Crippen molar-refractivity contribution in [1.29, 1.82) is 0 Å². The van der Waals surface area contributed by atoms with Crippen LogP contribution >= 0.6 is 0 Å². The maximum atomic E-state index is 11.8. The van der Waals surface area contributed by atoms with Gasteiger partial charge in [0.2, 0.25) is 0 Å². The van der Waals surface area contributed by atoms with Gasteiger partial charge in [0.1, 0.15) is 0 Å². The van der Waals surface area contributed by atoms with Gasteiger partial charge in [0.25, 0.3) is 0 Å². The fourth-order valence-electron chi connectivity index (χ4n) is 7.56. The van der Waals surface area contributed by atoms with Gasteiger partial charge in [-0.25, -0.2) is 0 Å². The molecule has 336 valence electrons. The number of ether oxygens (including phenoxy) is 2. The fourth-order valence-corrected chi connectivity index (χ4v) is 7.56. The van der Waals surface area contributed by atoms with Gasteiger partial charge in [0.05, 0.1) is 13.2 Å². The minimum atomic E-state index is 0.0175. The van der Waals surface area contributed by atoms with E-state index in [4.69, 9.17) is 9.47 Å². The number of unbranched alkanes of at least 4 members (excludes halogenated alkanes) is 38. The molecule has 0 aliphatic heterocycles. The van der Waals surface area contributed by atoms with Crippen LogP contribution < -0.4 is 0 Å². The van der Waals surface area contributed by atoms with E-state index in [1.165, 1.54) is 244 Å². The van der Waals surface area contributed by atoms with Gasteiger partial charge in [0, 0.05) is 12.8 Å². The van der Waals surface area contributed by atoms with Crippen molar-refractivity contribution in [3.8, 4) is 0 Å². The van der Waals surface area contributed by atoms with Crippen molar-refractivity contribution >= 4 is 11.9 Å². The third kappa shape index (κ3) is 55.0. The third-order valence-electron chi connectivity index (χ3n) is 11.5. The van der Waals surface area contributed by atoms with Crippen LogP contribution in [0.4, 0.5) is 0 Å². The van der Waals surface area contributed by atoms with Crippen LogP contribution in [0.25, 0.3) is 0 Å². The molecule has 4 nitrogen and oxygen atoms in total. The summed E-state index contributed by atoms with van der Waals surface area (Å²) in [6.45, 7) is 10.3. The molecule has 0 spiro atoms. The summed E-state index contributed by atoms with van der Waals surface area (Å²) in [6, 6.07) is 0. The highest BCUT2D eigenvalue weighted by molar-refractivity contribution is 5.69. The average molecular weight is 793 g/mol. The minimum Gasteiger partial charge on any atom is -0.466 e. The summed E-state index contributed by atoms with van der Waals surface area (Å²) in [5.41, 5.74) is 0. The molecule has 0 aromatic heterocycles. The predicted molar refractivity (Wildman–Crippen MR) is 248 cm³/mol. The molecule has 0 aliphatic carbocycles. The third-order valence-corrected chi connectivity index (χ3v) is 11.5. The van der Waals surface area contributed by atoms with Crippen molar-refractivity contribution in [2.75, 3.05) is 13.2 Å². The second-order valence-corrected chi connectivity index (χ2v) is 17.4. The molecule has 0 N–H and O–H groups in total. The molecule has 0 aromatic carbocycles. The Bertz CT molecular complexity index is 722. The Kier molecular flexibility index (Phi) is 54.9. The van der Waals surface area contributed by atoms with Crippen LogP contribution in [0.5, 0.6) is 0 Å². The number of carbonyl (C=O) groups excluding carboxylic acids is 2. The number of esters is 2. The molecule has 0 amide bonds. The van der Waals surface area contributed by atoms with Gasteiger partial charge in [-0.15, -0.1) is 0 Å². The smallest absolute Gasteiger partial charge is 0.305 e. The summed E-state index contributed by atoms with van der Waals surface area (Å²) in [6.07, 6.45) is 56.8. The largest absolute Gasteiger partial charge is 0.466 e. The zero-order chi connectivity index (χ0) is 41.1. The molecule has 0 radical (unpaired) electrons. The average Bonchev–Trinajstić information content (AvgIpc) is 3.20. The van der Waals surface area contributed by atoms with Gasteiger partial charge in [-0.2, -0.15) is 0 Å².